The molecule has 0 fully saturated rings. The molecule has 0 rings (SSSR count). The van der Waals surface area contributed by atoms with Crippen LogP contribution in [0.2, 0.25) is 0 Å². The molecule has 0 aliphatic heterocycles. The molecule has 1 amide bonds. The van der Waals surface area contributed by atoms with Crippen molar-refractivity contribution in [3.63, 3.8) is 0 Å². The van der Waals surface area contributed by atoms with Crippen LogP contribution in [0, 0.1) is 0 Å². The number of hydrogen-bond donors (Lipinski definition) is 4. The van der Waals surface area contributed by atoms with Crippen molar-refractivity contribution in [2.24, 2.45) is 5.73 Å². The summed E-state index contributed by atoms with van der Waals surface area (Å²) >= 11 is 0. The van der Waals surface area contributed by atoms with Gasteiger partial charge in [-0.1, -0.05) is 13.2 Å². The predicted molar refractivity (Wildman–Crippen MR) is 64.3 cm³/mol. The highest BCUT2D eigenvalue weighted by atomic mass is 16.5. The van der Waals surface area contributed by atoms with Crippen LogP contribution in [0.5, 0.6) is 0 Å². The Kier molecular flexibility index (Phi) is 10.8. The number of carbonyl (C=O) groups is 2. The van der Waals surface area contributed by atoms with Gasteiger partial charge in [0, 0.05) is 11.1 Å². The Hall–Kier alpha value is -1.70. The minimum atomic E-state index is -0.954. The molecule has 0 bridgehead atoms. The van der Waals surface area contributed by atoms with Crippen LogP contribution in [-0.2, 0) is 14.3 Å². The van der Waals surface area contributed by atoms with Gasteiger partial charge < -0.3 is 25.8 Å². The Bertz CT molecular complexity index is 283. The number of carbonyl (C=O) groups excluding carboxylic acids is 2. The van der Waals surface area contributed by atoms with E-state index in [0.717, 1.165) is 0 Å². The fourth-order valence-corrected chi connectivity index (χ4v) is 0.405. The SMILES string of the molecule is C=C(C)C(=O)OCC(=C)C(N)=O.OCC(O)CO. The number of primary amides is 1. The molecule has 0 saturated heterocycles. The summed E-state index contributed by atoms with van der Waals surface area (Å²) in [6, 6.07) is 0. The minimum absolute atomic E-state index is 0.0598. The van der Waals surface area contributed by atoms with Gasteiger partial charge >= 0.3 is 5.97 Å². The number of hydrogen-bond acceptors (Lipinski definition) is 6. The highest BCUT2D eigenvalue weighted by Gasteiger charge is 2.06. The summed E-state index contributed by atoms with van der Waals surface area (Å²) in [6.45, 7) is 7.26. The molecule has 0 radical (unpaired) electrons. The number of rotatable bonds is 6. The van der Waals surface area contributed by atoms with Gasteiger partial charge in [0.05, 0.1) is 13.2 Å². The molecule has 0 aliphatic rings. The van der Waals surface area contributed by atoms with E-state index in [1.807, 2.05) is 0 Å². The Balaban J connectivity index is 0. The molecule has 0 saturated carbocycles. The van der Waals surface area contributed by atoms with E-state index in [1.165, 1.54) is 6.92 Å². The molecular weight excluding hydrogens is 242 g/mol. The van der Waals surface area contributed by atoms with Crippen molar-refractivity contribution in [2.45, 2.75) is 13.0 Å². The molecule has 0 aromatic heterocycles. The monoisotopic (exact) mass is 261 g/mol. The lowest BCUT2D eigenvalue weighted by Gasteiger charge is -2.03. The van der Waals surface area contributed by atoms with E-state index < -0.39 is 18.0 Å². The third kappa shape index (κ3) is 10.8. The van der Waals surface area contributed by atoms with Crippen LogP contribution in [0.25, 0.3) is 0 Å². The van der Waals surface area contributed by atoms with Crippen molar-refractivity contribution >= 4 is 11.9 Å². The first kappa shape index (κ1) is 18.7. The maximum absolute atomic E-state index is 10.8. The van der Waals surface area contributed by atoms with E-state index in [9.17, 15) is 9.59 Å². The van der Waals surface area contributed by atoms with E-state index in [4.69, 9.17) is 21.1 Å². The lowest BCUT2D eigenvalue weighted by atomic mass is 10.3. The largest absolute Gasteiger partial charge is 0.457 e. The number of ether oxygens (including phenoxy) is 1. The molecule has 0 aromatic carbocycles. The van der Waals surface area contributed by atoms with Crippen LogP contribution >= 0.6 is 0 Å². The van der Waals surface area contributed by atoms with E-state index in [0.29, 0.717) is 0 Å². The van der Waals surface area contributed by atoms with Gasteiger partial charge in [-0.25, -0.2) is 4.79 Å². The van der Waals surface area contributed by atoms with Gasteiger partial charge in [-0.2, -0.15) is 0 Å². The molecule has 0 atom stereocenters. The van der Waals surface area contributed by atoms with Crippen LogP contribution < -0.4 is 5.73 Å². The summed E-state index contributed by atoms with van der Waals surface area (Å²) in [4.78, 5) is 21.1. The van der Waals surface area contributed by atoms with Gasteiger partial charge in [0.25, 0.3) is 0 Å². The number of nitrogens with two attached hydrogens (primary N) is 1. The molecule has 0 heterocycles. The van der Waals surface area contributed by atoms with Gasteiger partial charge in [-0.3, -0.25) is 4.79 Å². The number of aliphatic hydroxyl groups excluding tert-OH is 3. The zero-order valence-corrected chi connectivity index (χ0v) is 10.3. The van der Waals surface area contributed by atoms with Crippen LogP contribution in [-0.4, -0.2) is 53.1 Å². The molecule has 0 aromatic rings. The zero-order chi connectivity index (χ0) is 14.7. The molecule has 7 heteroatoms. The van der Waals surface area contributed by atoms with Gasteiger partial charge in [-0.05, 0) is 6.92 Å². The highest BCUT2D eigenvalue weighted by molar-refractivity contribution is 5.92. The smallest absolute Gasteiger partial charge is 0.333 e. The molecular formula is C11H19NO6. The molecule has 0 aliphatic carbocycles. The minimum Gasteiger partial charge on any atom is -0.457 e. The number of esters is 1. The standard InChI is InChI=1S/C8H11NO3.C3H8O3/c1-5(2)8(11)12-4-6(3)7(9)10;4-1-3(6)2-5/h1,3-4H2,2H3,(H2,9,10);3-6H,1-2H2. The number of aliphatic hydroxyl groups is 3. The fraction of sp³-hybridized carbons (Fsp3) is 0.455. The second-order valence-electron chi connectivity index (χ2n) is 3.34. The molecule has 7 nitrogen and oxygen atoms in total. The molecule has 0 unspecified atom stereocenters. The predicted octanol–water partition coefficient (Wildman–Crippen LogP) is -1.52. The Morgan fingerprint density at radius 3 is 1.94 bits per heavy atom. The summed E-state index contributed by atoms with van der Waals surface area (Å²) in [5.74, 6) is -1.23. The maximum Gasteiger partial charge on any atom is 0.333 e. The Morgan fingerprint density at radius 2 is 1.72 bits per heavy atom. The Labute approximate surface area is 105 Å². The van der Waals surface area contributed by atoms with Gasteiger partial charge in [0.1, 0.15) is 12.7 Å². The van der Waals surface area contributed by atoms with E-state index in [1.54, 1.807) is 0 Å². The van der Waals surface area contributed by atoms with Crippen molar-refractivity contribution in [2.75, 3.05) is 19.8 Å². The average Bonchev–Trinajstić information content (AvgIpc) is 2.34. The summed E-state index contributed by atoms with van der Waals surface area (Å²) in [5.41, 5.74) is 5.18. The van der Waals surface area contributed by atoms with Crippen molar-refractivity contribution in [1.29, 1.82) is 0 Å². The summed E-state index contributed by atoms with van der Waals surface area (Å²) in [7, 11) is 0. The van der Waals surface area contributed by atoms with Crippen LogP contribution in [0.4, 0.5) is 0 Å². The second-order valence-corrected chi connectivity index (χ2v) is 3.34. The third-order valence-electron chi connectivity index (χ3n) is 1.50. The first-order valence-electron chi connectivity index (χ1n) is 4.96. The zero-order valence-electron chi connectivity index (χ0n) is 10.3. The summed E-state index contributed by atoms with van der Waals surface area (Å²) in [6.07, 6.45) is -0.954. The molecule has 0 spiro atoms. The first-order chi connectivity index (χ1) is 8.26. The lowest BCUT2D eigenvalue weighted by Crippen LogP contribution is -2.18. The van der Waals surface area contributed by atoms with Crippen molar-refractivity contribution in [1.82, 2.24) is 0 Å². The van der Waals surface area contributed by atoms with Gasteiger partial charge in [0.2, 0.25) is 5.91 Å². The third-order valence-corrected chi connectivity index (χ3v) is 1.50. The fourth-order valence-electron chi connectivity index (χ4n) is 0.405. The average molecular weight is 261 g/mol. The molecule has 18 heavy (non-hydrogen) atoms. The van der Waals surface area contributed by atoms with E-state index in [-0.39, 0.29) is 31.0 Å². The van der Waals surface area contributed by atoms with Crippen molar-refractivity contribution in [3.8, 4) is 0 Å². The van der Waals surface area contributed by atoms with Gasteiger partial charge in [-0.15, -0.1) is 0 Å². The molecule has 104 valence electrons. The van der Waals surface area contributed by atoms with E-state index in [2.05, 4.69) is 17.9 Å². The first-order valence-corrected chi connectivity index (χ1v) is 4.96. The van der Waals surface area contributed by atoms with Crippen molar-refractivity contribution in [3.05, 3.63) is 24.3 Å². The number of amides is 1. The van der Waals surface area contributed by atoms with Crippen LogP contribution in [0.3, 0.4) is 0 Å². The highest BCUT2D eigenvalue weighted by Crippen LogP contribution is 1.95. The quantitative estimate of drug-likeness (QED) is 0.339. The second kappa shape index (κ2) is 10.5. The summed E-state index contributed by atoms with van der Waals surface area (Å²) < 4.78 is 4.59. The van der Waals surface area contributed by atoms with Crippen molar-refractivity contribution < 1.29 is 29.6 Å². The van der Waals surface area contributed by atoms with Crippen LogP contribution in [0.1, 0.15) is 6.92 Å². The topological polar surface area (TPSA) is 130 Å². The van der Waals surface area contributed by atoms with Crippen LogP contribution in [0.15, 0.2) is 24.3 Å². The van der Waals surface area contributed by atoms with Gasteiger partial charge in [0.15, 0.2) is 0 Å². The lowest BCUT2D eigenvalue weighted by molar-refractivity contribution is -0.138. The normalized spacial score (nSPS) is 9.17. The Morgan fingerprint density at radius 1 is 1.28 bits per heavy atom. The summed E-state index contributed by atoms with van der Waals surface area (Å²) in [5, 5.41) is 24.0. The van der Waals surface area contributed by atoms with E-state index >= 15 is 0 Å². The molecule has 5 N–H and O–H groups in total. The maximum atomic E-state index is 10.8.